The third-order valence-corrected chi connectivity index (χ3v) is 4.96. The number of likely N-dealkylation sites (N-methyl/N-ethyl adjacent to an activating group) is 1. The van der Waals surface area contributed by atoms with Gasteiger partial charge in [-0.1, -0.05) is 24.3 Å². The lowest BCUT2D eigenvalue weighted by molar-refractivity contribution is -0.762. The SMILES string of the molecule is COc1ccc(CCCOC(C[N+]2(C)C=CN=C2)c2ccc(OC)cc2)cc1. The van der Waals surface area contributed by atoms with E-state index in [2.05, 4.69) is 42.5 Å². The summed E-state index contributed by atoms with van der Waals surface area (Å²) in [4.78, 5) is 4.24. The van der Waals surface area contributed by atoms with E-state index in [1.807, 2.05) is 36.8 Å². The van der Waals surface area contributed by atoms with E-state index in [-0.39, 0.29) is 6.10 Å². The second-order valence-electron chi connectivity index (χ2n) is 7.18. The van der Waals surface area contributed by atoms with Crippen LogP contribution in [0.1, 0.15) is 23.7 Å². The minimum Gasteiger partial charge on any atom is -0.497 e. The van der Waals surface area contributed by atoms with Crippen LogP contribution in [0.5, 0.6) is 11.5 Å². The largest absolute Gasteiger partial charge is 0.497 e. The number of methoxy groups -OCH3 is 2. The van der Waals surface area contributed by atoms with E-state index in [0.717, 1.165) is 36.4 Å². The summed E-state index contributed by atoms with van der Waals surface area (Å²) in [6, 6.07) is 16.3. The van der Waals surface area contributed by atoms with Crippen molar-refractivity contribution in [3.8, 4) is 11.5 Å². The molecule has 0 amide bonds. The van der Waals surface area contributed by atoms with Gasteiger partial charge in [0, 0.05) is 6.61 Å². The smallest absolute Gasteiger partial charge is 0.194 e. The highest BCUT2D eigenvalue weighted by Gasteiger charge is 2.27. The maximum atomic E-state index is 6.32. The standard InChI is InChI=1S/C23H29N2O3/c1-25(15-14-24-18-25)17-23(20-8-12-22(27-3)13-9-20)28-16-4-5-19-6-10-21(26-2)11-7-19/h6-15,18,23H,4-5,16-17H2,1-3H3/q+1. The zero-order valence-electron chi connectivity index (χ0n) is 16.9. The van der Waals surface area contributed by atoms with Crippen molar-refractivity contribution in [2.75, 3.05) is 34.4 Å². The monoisotopic (exact) mass is 381 g/mol. The topological polar surface area (TPSA) is 40.0 Å². The summed E-state index contributed by atoms with van der Waals surface area (Å²) in [7, 11) is 5.50. The van der Waals surface area contributed by atoms with Gasteiger partial charge in [-0.3, -0.25) is 4.48 Å². The molecule has 0 fully saturated rings. The number of hydrogen-bond donors (Lipinski definition) is 0. The molecule has 1 aliphatic rings. The Kier molecular flexibility index (Phi) is 6.85. The molecule has 2 atom stereocenters. The molecule has 0 bridgehead atoms. The van der Waals surface area contributed by atoms with E-state index >= 15 is 0 Å². The second-order valence-corrected chi connectivity index (χ2v) is 7.18. The van der Waals surface area contributed by atoms with Crippen LogP contribution in [0.2, 0.25) is 0 Å². The molecule has 0 radical (unpaired) electrons. The predicted octanol–water partition coefficient (Wildman–Crippen LogP) is 4.35. The van der Waals surface area contributed by atoms with Crippen molar-refractivity contribution in [1.82, 2.24) is 0 Å². The lowest BCUT2D eigenvalue weighted by atomic mass is 10.1. The zero-order chi connectivity index (χ0) is 19.8. The highest BCUT2D eigenvalue weighted by atomic mass is 16.5. The van der Waals surface area contributed by atoms with Crippen LogP contribution in [0.4, 0.5) is 0 Å². The number of ether oxygens (including phenoxy) is 3. The van der Waals surface area contributed by atoms with E-state index < -0.39 is 0 Å². The normalized spacial score (nSPS) is 19.0. The van der Waals surface area contributed by atoms with Gasteiger partial charge in [0.1, 0.15) is 30.3 Å². The van der Waals surface area contributed by atoms with Crippen LogP contribution >= 0.6 is 0 Å². The molecule has 0 aliphatic carbocycles. The van der Waals surface area contributed by atoms with Gasteiger partial charge in [0.15, 0.2) is 6.34 Å². The highest BCUT2D eigenvalue weighted by Crippen LogP contribution is 2.25. The van der Waals surface area contributed by atoms with Gasteiger partial charge in [0.25, 0.3) is 0 Å². The van der Waals surface area contributed by atoms with Crippen LogP contribution in [0.15, 0.2) is 65.9 Å². The average molecular weight is 381 g/mol. The number of nitrogens with zero attached hydrogens (tertiary/aromatic N) is 2. The molecule has 2 aromatic carbocycles. The van der Waals surface area contributed by atoms with Gasteiger partial charge < -0.3 is 14.2 Å². The first-order valence-corrected chi connectivity index (χ1v) is 9.57. The Hall–Kier alpha value is -2.63. The van der Waals surface area contributed by atoms with Crippen LogP contribution < -0.4 is 9.47 Å². The predicted molar refractivity (Wildman–Crippen MR) is 112 cm³/mol. The molecule has 0 spiro atoms. The Bertz CT molecular complexity index is 786. The Labute approximate surface area is 167 Å². The third kappa shape index (κ3) is 5.44. The van der Waals surface area contributed by atoms with Crippen molar-refractivity contribution < 1.29 is 18.7 Å². The fourth-order valence-electron chi connectivity index (χ4n) is 3.25. The van der Waals surface area contributed by atoms with Crippen LogP contribution in [-0.4, -0.2) is 45.2 Å². The summed E-state index contributed by atoms with van der Waals surface area (Å²) in [6.45, 7) is 1.50. The average Bonchev–Trinajstić information content (AvgIpc) is 3.17. The summed E-state index contributed by atoms with van der Waals surface area (Å²) < 4.78 is 17.4. The number of aryl methyl sites for hydroxylation is 1. The summed E-state index contributed by atoms with van der Waals surface area (Å²) in [6.07, 6.45) is 7.80. The number of rotatable bonds is 10. The van der Waals surface area contributed by atoms with Gasteiger partial charge in [0.05, 0.1) is 27.5 Å². The Morgan fingerprint density at radius 1 is 0.929 bits per heavy atom. The summed E-state index contributed by atoms with van der Waals surface area (Å²) in [5, 5.41) is 0. The van der Waals surface area contributed by atoms with E-state index in [1.165, 1.54) is 5.56 Å². The van der Waals surface area contributed by atoms with Gasteiger partial charge in [-0.05, 0) is 48.2 Å². The summed E-state index contributed by atoms with van der Waals surface area (Å²) in [5.41, 5.74) is 2.44. The van der Waals surface area contributed by atoms with Crippen LogP contribution in [-0.2, 0) is 11.2 Å². The van der Waals surface area contributed by atoms with E-state index in [9.17, 15) is 0 Å². The van der Waals surface area contributed by atoms with Crippen LogP contribution in [0, 0.1) is 0 Å². The first-order chi connectivity index (χ1) is 13.6. The molecule has 5 heteroatoms. The van der Waals surface area contributed by atoms with E-state index in [4.69, 9.17) is 14.2 Å². The van der Waals surface area contributed by atoms with Crippen LogP contribution in [0.3, 0.4) is 0 Å². The van der Waals surface area contributed by atoms with E-state index in [0.29, 0.717) is 11.1 Å². The molecule has 28 heavy (non-hydrogen) atoms. The molecule has 3 rings (SSSR count). The number of aliphatic imine (C=N–C) groups is 1. The quantitative estimate of drug-likeness (QED) is 0.454. The van der Waals surface area contributed by atoms with E-state index in [1.54, 1.807) is 14.2 Å². The highest BCUT2D eigenvalue weighted by molar-refractivity contribution is 5.50. The fraction of sp³-hybridized carbons (Fsp3) is 0.348. The van der Waals surface area contributed by atoms with Crippen molar-refractivity contribution >= 4 is 6.34 Å². The molecule has 5 nitrogen and oxygen atoms in total. The van der Waals surface area contributed by atoms with Gasteiger partial charge in [-0.15, -0.1) is 0 Å². The number of quaternary nitrogens is 1. The first kappa shape index (κ1) is 20.1. The van der Waals surface area contributed by atoms with Crippen molar-refractivity contribution in [2.24, 2.45) is 4.99 Å². The lowest BCUT2D eigenvalue weighted by Gasteiger charge is -2.28. The molecular weight excluding hydrogens is 352 g/mol. The molecule has 148 valence electrons. The van der Waals surface area contributed by atoms with Crippen molar-refractivity contribution in [3.63, 3.8) is 0 Å². The maximum absolute atomic E-state index is 6.32. The van der Waals surface area contributed by atoms with Crippen LogP contribution in [0.25, 0.3) is 0 Å². The van der Waals surface area contributed by atoms with Gasteiger partial charge in [-0.25, -0.2) is 4.99 Å². The Morgan fingerprint density at radius 3 is 2.14 bits per heavy atom. The molecule has 0 saturated heterocycles. The van der Waals surface area contributed by atoms with Crippen molar-refractivity contribution in [2.45, 2.75) is 18.9 Å². The fourth-order valence-corrected chi connectivity index (χ4v) is 3.25. The molecule has 2 aromatic rings. The molecule has 2 unspecified atom stereocenters. The molecule has 1 heterocycles. The zero-order valence-corrected chi connectivity index (χ0v) is 16.9. The van der Waals surface area contributed by atoms with Crippen molar-refractivity contribution in [3.05, 3.63) is 72.1 Å². The molecule has 0 aromatic heterocycles. The van der Waals surface area contributed by atoms with Gasteiger partial charge in [-0.2, -0.15) is 0 Å². The second kappa shape index (κ2) is 9.53. The number of benzene rings is 2. The van der Waals surface area contributed by atoms with Gasteiger partial charge in [0.2, 0.25) is 0 Å². The Morgan fingerprint density at radius 2 is 1.57 bits per heavy atom. The molecule has 0 N–H and O–H groups in total. The number of hydrogen-bond acceptors (Lipinski definition) is 4. The lowest BCUT2D eigenvalue weighted by Crippen LogP contribution is -2.39. The van der Waals surface area contributed by atoms with Crippen molar-refractivity contribution in [1.29, 1.82) is 0 Å². The molecule has 0 saturated carbocycles. The first-order valence-electron chi connectivity index (χ1n) is 9.57. The minimum absolute atomic E-state index is 0.0130. The molecular formula is C23H29N2O3+. The van der Waals surface area contributed by atoms with Gasteiger partial charge >= 0.3 is 0 Å². The molecule has 1 aliphatic heterocycles. The maximum Gasteiger partial charge on any atom is 0.194 e. The third-order valence-electron chi connectivity index (χ3n) is 4.96. The minimum atomic E-state index is -0.0130. The Balaban J connectivity index is 1.59. The summed E-state index contributed by atoms with van der Waals surface area (Å²) >= 11 is 0. The summed E-state index contributed by atoms with van der Waals surface area (Å²) in [5.74, 6) is 1.74.